The Morgan fingerprint density at radius 3 is 2.65 bits per heavy atom. The third-order valence-electron chi connectivity index (χ3n) is 4.45. The summed E-state index contributed by atoms with van der Waals surface area (Å²) in [4.78, 5) is 0.886. The number of thiophene rings is 1. The molecule has 1 heterocycles. The average molecular weight is 398 g/mol. The van der Waals surface area contributed by atoms with E-state index in [4.69, 9.17) is 5.21 Å². The lowest BCUT2D eigenvalue weighted by Crippen LogP contribution is -2.31. The van der Waals surface area contributed by atoms with Crippen LogP contribution < -0.4 is 0 Å². The van der Waals surface area contributed by atoms with Gasteiger partial charge in [-0.3, -0.25) is 0 Å². The number of oxime groups is 1. The summed E-state index contributed by atoms with van der Waals surface area (Å²) in [6, 6.07) is 5.30. The van der Waals surface area contributed by atoms with Crippen LogP contribution in [0.4, 0.5) is 4.39 Å². The number of hydrogen-bond donors (Lipinski definition) is 2. The van der Waals surface area contributed by atoms with Crippen LogP contribution in [0.15, 0.2) is 39.7 Å². The van der Waals surface area contributed by atoms with Crippen molar-refractivity contribution in [2.24, 2.45) is 5.16 Å². The van der Waals surface area contributed by atoms with Crippen molar-refractivity contribution in [3.05, 3.63) is 51.5 Å². The van der Waals surface area contributed by atoms with Crippen molar-refractivity contribution < 1.29 is 23.1 Å². The highest BCUT2D eigenvalue weighted by Gasteiger charge is 2.31. The summed E-state index contributed by atoms with van der Waals surface area (Å²) in [7, 11) is -2.41. The predicted octanol–water partition coefficient (Wildman–Crippen LogP) is 2.76. The number of hydrogen-bond acceptors (Lipinski definition) is 6. The van der Waals surface area contributed by atoms with E-state index in [2.05, 4.69) is 5.16 Å². The Labute approximate surface area is 155 Å². The summed E-state index contributed by atoms with van der Waals surface area (Å²) in [5, 5.41) is 24.2. The molecule has 1 aliphatic rings. The highest BCUT2D eigenvalue weighted by atomic mass is 32.2. The Bertz CT molecular complexity index is 923. The van der Waals surface area contributed by atoms with Crippen molar-refractivity contribution in [2.75, 3.05) is 13.6 Å². The van der Waals surface area contributed by atoms with Crippen LogP contribution in [0.3, 0.4) is 0 Å². The minimum atomic E-state index is -3.81. The van der Waals surface area contributed by atoms with Crippen LogP contribution in [0.25, 0.3) is 0 Å². The van der Waals surface area contributed by atoms with Gasteiger partial charge in [0.15, 0.2) is 0 Å². The van der Waals surface area contributed by atoms with Crippen LogP contribution >= 0.6 is 11.3 Å². The molecule has 0 fully saturated rings. The number of aliphatic hydroxyl groups is 1. The SMILES string of the molecule is CN(C[C@H](O)c1ccc(F)cc1)S(=O)(=O)c1csc2c1CCCC2=NO. The lowest BCUT2D eigenvalue weighted by molar-refractivity contribution is 0.155. The Hall–Kier alpha value is -1.81. The first-order valence-corrected chi connectivity index (χ1v) is 10.4. The van der Waals surface area contributed by atoms with Crippen LogP contribution in [0, 0.1) is 5.82 Å². The number of halogens is 1. The number of nitrogens with zero attached hydrogens (tertiary/aromatic N) is 2. The molecule has 0 unspecified atom stereocenters. The molecule has 0 aliphatic heterocycles. The van der Waals surface area contributed by atoms with Crippen molar-refractivity contribution in [1.29, 1.82) is 0 Å². The number of aliphatic hydroxyl groups excluding tert-OH is 1. The summed E-state index contributed by atoms with van der Waals surface area (Å²) in [5.41, 5.74) is 1.61. The topological polar surface area (TPSA) is 90.2 Å². The molecule has 2 aromatic rings. The average Bonchev–Trinajstić information content (AvgIpc) is 3.07. The molecule has 0 saturated heterocycles. The second-order valence-corrected chi connectivity index (χ2v) is 9.05. The van der Waals surface area contributed by atoms with Gasteiger partial charge in [0, 0.05) is 19.0 Å². The Kier molecular flexibility index (Phi) is 5.42. The monoisotopic (exact) mass is 398 g/mol. The van der Waals surface area contributed by atoms with Gasteiger partial charge in [0.25, 0.3) is 0 Å². The van der Waals surface area contributed by atoms with Gasteiger partial charge >= 0.3 is 0 Å². The second-order valence-electron chi connectivity index (χ2n) is 6.16. The first-order chi connectivity index (χ1) is 12.3. The standard InChI is InChI=1S/C17H19FN2O4S2/c1-20(9-15(21)11-5-7-12(18)8-6-11)26(23,24)16-10-25-17-13(16)3-2-4-14(17)19-22/h5-8,10,15,21-22H,2-4,9H2,1H3/t15-/m0/s1. The highest BCUT2D eigenvalue weighted by Crippen LogP contribution is 2.34. The quantitative estimate of drug-likeness (QED) is 0.599. The number of likely N-dealkylation sites (N-methyl/N-ethyl adjacent to an activating group) is 1. The maximum Gasteiger partial charge on any atom is 0.244 e. The molecule has 1 aromatic heterocycles. The third kappa shape index (κ3) is 3.52. The number of fused-ring (bicyclic) bond motifs is 1. The molecule has 26 heavy (non-hydrogen) atoms. The van der Waals surface area contributed by atoms with Crippen molar-refractivity contribution in [3.63, 3.8) is 0 Å². The molecule has 140 valence electrons. The van der Waals surface area contributed by atoms with Crippen molar-refractivity contribution in [3.8, 4) is 0 Å². The first-order valence-electron chi connectivity index (χ1n) is 8.06. The summed E-state index contributed by atoms with van der Waals surface area (Å²) in [6.45, 7) is -0.153. The molecule has 2 N–H and O–H groups in total. The fourth-order valence-corrected chi connectivity index (χ4v) is 5.89. The molecule has 9 heteroatoms. The molecule has 6 nitrogen and oxygen atoms in total. The molecule has 1 aromatic carbocycles. The number of rotatable bonds is 5. The predicted molar refractivity (Wildman–Crippen MR) is 96.8 cm³/mol. The van der Waals surface area contributed by atoms with Crippen LogP contribution in [0.5, 0.6) is 0 Å². The van der Waals surface area contributed by atoms with E-state index in [0.717, 1.165) is 4.31 Å². The zero-order valence-electron chi connectivity index (χ0n) is 14.1. The molecular formula is C17H19FN2O4S2. The number of sulfonamides is 1. The molecule has 3 rings (SSSR count). The summed E-state index contributed by atoms with van der Waals surface area (Å²) < 4.78 is 40.0. The van der Waals surface area contributed by atoms with E-state index in [-0.39, 0.29) is 11.4 Å². The molecule has 0 amide bonds. The maximum atomic E-state index is 13.0. The van der Waals surface area contributed by atoms with E-state index in [9.17, 15) is 17.9 Å². The van der Waals surface area contributed by atoms with Crippen LogP contribution in [-0.2, 0) is 16.4 Å². The van der Waals surface area contributed by atoms with Gasteiger partial charge in [-0.1, -0.05) is 17.3 Å². The van der Waals surface area contributed by atoms with E-state index >= 15 is 0 Å². The van der Waals surface area contributed by atoms with E-state index in [1.807, 2.05) is 0 Å². The van der Waals surface area contributed by atoms with Crippen molar-refractivity contribution in [1.82, 2.24) is 4.31 Å². The minimum absolute atomic E-state index is 0.153. The molecule has 0 bridgehead atoms. The zero-order chi connectivity index (χ0) is 18.9. The van der Waals surface area contributed by atoms with Crippen LogP contribution in [0.2, 0.25) is 0 Å². The highest BCUT2D eigenvalue weighted by molar-refractivity contribution is 7.89. The number of benzene rings is 1. The lowest BCUT2D eigenvalue weighted by Gasteiger charge is -2.22. The lowest BCUT2D eigenvalue weighted by atomic mass is 9.98. The van der Waals surface area contributed by atoms with Gasteiger partial charge in [0.05, 0.1) is 21.6 Å². The van der Waals surface area contributed by atoms with Gasteiger partial charge in [0.2, 0.25) is 10.0 Å². The van der Waals surface area contributed by atoms with Crippen LogP contribution in [0.1, 0.15) is 34.9 Å². The fraction of sp³-hybridized carbons (Fsp3) is 0.353. The molecule has 1 aliphatic carbocycles. The third-order valence-corrected chi connectivity index (χ3v) is 7.56. The molecular weight excluding hydrogens is 379 g/mol. The first kappa shape index (κ1) is 19.0. The summed E-state index contributed by atoms with van der Waals surface area (Å²) in [5.74, 6) is -0.423. The molecule has 1 atom stereocenters. The van der Waals surface area contributed by atoms with Gasteiger partial charge < -0.3 is 10.3 Å². The molecule has 0 radical (unpaired) electrons. The minimum Gasteiger partial charge on any atom is -0.411 e. The molecule has 0 spiro atoms. The van der Waals surface area contributed by atoms with E-state index in [1.54, 1.807) is 5.38 Å². The van der Waals surface area contributed by atoms with Crippen molar-refractivity contribution in [2.45, 2.75) is 30.3 Å². The van der Waals surface area contributed by atoms with Gasteiger partial charge in [-0.25, -0.2) is 12.8 Å². The van der Waals surface area contributed by atoms with Gasteiger partial charge in [-0.2, -0.15) is 4.31 Å². The zero-order valence-corrected chi connectivity index (χ0v) is 15.7. The molecule has 0 saturated carbocycles. The van der Waals surface area contributed by atoms with Gasteiger partial charge in [0.1, 0.15) is 5.82 Å². The Morgan fingerprint density at radius 2 is 2.00 bits per heavy atom. The van der Waals surface area contributed by atoms with Gasteiger partial charge in [-0.15, -0.1) is 11.3 Å². The van der Waals surface area contributed by atoms with Gasteiger partial charge in [-0.05, 0) is 42.5 Å². The fourth-order valence-electron chi connectivity index (χ4n) is 3.00. The normalized spacial score (nSPS) is 17.5. The summed E-state index contributed by atoms with van der Waals surface area (Å²) >= 11 is 1.25. The van der Waals surface area contributed by atoms with E-state index < -0.39 is 21.9 Å². The Balaban J connectivity index is 1.84. The summed E-state index contributed by atoms with van der Waals surface area (Å²) in [6.07, 6.45) is 0.858. The van der Waals surface area contributed by atoms with E-state index in [0.29, 0.717) is 41.0 Å². The van der Waals surface area contributed by atoms with E-state index in [1.165, 1.54) is 42.6 Å². The second kappa shape index (κ2) is 7.43. The van der Waals surface area contributed by atoms with Crippen LogP contribution in [-0.4, -0.2) is 42.3 Å². The van der Waals surface area contributed by atoms with Crippen molar-refractivity contribution >= 4 is 27.1 Å². The smallest absolute Gasteiger partial charge is 0.244 e. The maximum absolute atomic E-state index is 13.0. The largest absolute Gasteiger partial charge is 0.411 e. The Morgan fingerprint density at radius 1 is 1.31 bits per heavy atom.